The van der Waals surface area contributed by atoms with Crippen LogP contribution in [-0.4, -0.2) is 0 Å². The van der Waals surface area contributed by atoms with Gasteiger partial charge in [-0.25, -0.2) is 0 Å². The molecule has 0 aliphatic rings. The van der Waals surface area contributed by atoms with E-state index in [1.807, 2.05) is 0 Å². The van der Waals surface area contributed by atoms with Crippen molar-refractivity contribution in [3.63, 3.8) is 0 Å². The maximum Gasteiger partial charge on any atom is 0.0488 e. The molecule has 0 unspecified atom stereocenters. The highest BCUT2D eigenvalue weighted by atomic mass is 35.5. The molecule has 0 saturated heterocycles. The van der Waals surface area contributed by atoms with E-state index in [9.17, 15) is 0 Å². The van der Waals surface area contributed by atoms with Gasteiger partial charge in [-0.3, -0.25) is 0 Å². The van der Waals surface area contributed by atoms with Gasteiger partial charge in [-0.1, -0.05) is 19.1 Å². The minimum atomic E-state index is 0.582. The fraction of sp³-hybridized carbons (Fsp3) is 0.273. The summed E-state index contributed by atoms with van der Waals surface area (Å²) in [7, 11) is 0. The van der Waals surface area contributed by atoms with Gasteiger partial charge in [0.25, 0.3) is 0 Å². The second-order valence-electron chi connectivity index (χ2n) is 3.20. The molecule has 0 bridgehead atoms. The highest BCUT2D eigenvalue weighted by Crippen LogP contribution is 2.34. The van der Waals surface area contributed by atoms with E-state index in [1.165, 1.54) is 21.2 Å². The second-order valence-corrected chi connectivity index (χ2v) is 4.79. The van der Waals surface area contributed by atoms with Crippen molar-refractivity contribution in [1.29, 1.82) is 0 Å². The summed E-state index contributed by atoms with van der Waals surface area (Å²) < 4.78 is 1.27. The van der Waals surface area contributed by atoms with Crippen molar-refractivity contribution < 1.29 is 0 Å². The Balaban J connectivity index is 2.72. The zero-order chi connectivity index (χ0) is 10.1. The van der Waals surface area contributed by atoms with Crippen molar-refractivity contribution in [3.8, 4) is 0 Å². The van der Waals surface area contributed by atoms with Crippen molar-refractivity contribution in [1.82, 2.24) is 0 Å². The van der Waals surface area contributed by atoms with Crippen LogP contribution in [0.5, 0.6) is 0 Å². The van der Waals surface area contributed by atoms with Gasteiger partial charge in [0.15, 0.2) is 0 Å². The fourth-order valence-electron chi connectivity index (χ4n) is 1.57. The molecular formula is C11H11ClS2. The highest BCUT2D eigenvalue weighted by molar-refractivity contribution is 7.80. The third-order valence-electron chi connectivity index (χ3n) is 2.40. The lowest BCUT2D eigenvalue weighted by Gasteiger charge is -2.03. The standard InChI is InChI=1S/C11H11ClS2/c1-2-7-3-4-9-8(5-12)6-14-11(9)10(7)13/h3-4,6,13H,2,5H2,1H3. The fourth-order valence-corrected chi connectivity index (χ4v) is 3.43. The third kappa shape index (κ3) is 1.56. The normalized spacial score (nSPS) is 11.1. The molecule has 14 heavy (non-hydrogen) atoms. The number of rotatable bonds is 2. The van der Waals surface area contributed by atoms with E-state index in [0.29, 0.717) is 5.88 Å². The van der Waals surface area contributed by atoms with Gasteiger partial charge in [0.05, 0.1) is 0 Å². The smallest absolute Gasteiger partial charge is 0.0488 e. The zero-order valence-corrected chi connectivity index (χ0v) is 10.3. The molecule has 1 aromatic carbocycles. The summed E-state index contributed by atoms with van der Waals surface area (Å²) in [6, 6.07) is 4.30. The van der Waals surface area contributed by atoms with Gasteiger partial charge in [0.1, 0.15) is 0 Å². The van der Waals surface area contributed by atoms with Crippen LogP contribution in [0.2, 0.25) is 0 Å². The number of aryl methyl sites for hydroxylation is 1. The number of halogens is 1. The van der Waals surface area contributed by atoms with Crippen LogP contribution in [0.3, 0.4) is 0 Å². The van der Waals surface area contributed by atoms with Crippen molar-refractivity contribution in [3.05, 3.63) is 28.6 Å². The van der Waals surface area contributed by atoms with E-state index < -0.39 is 0 Å². The first-order valence-corrected chi connectivity index (χ1v) is 6.41. The van der Waals surface area contributed by atoms with E-state index in [4.69, 9.17) is 11.6 Å². The van der Waals surface area contributed by atoms with E-state index in [-0.39, 0.29) is 0 Å². The molecule has 0 saturated carbocycles. The lowest BCUT2D eigenvalue weighted by atomic mass is 10.1. The molecule has 0 aliphatic heterocycles. The molecule has 0 amide bonds. The Hall–Kier alpha value is -0.180. The molecule has 1 aromatic heterocycles. The Morgan fingerprint density at radius 2 is 2.14 bits per heavy atom. The van der Waals surface area contributed by atoms with E-state index >= 15 is 0 Å². The summed E-state index contributed by atoms with van der Waals surface area (Å²) >= 11 is 12.2. The number of thiol groups is 1. The van der Waals surface area contributed by atoms with Crippen molar-refractivity contribution in [2.24, 2.45) is 0 Å². The minimum absolute atomic E-state index is 0.582. The number of hydrogen-bond donors (Lipinski definition) is 1. The predicted octanol–water partition coefficient (Wildman–Crippen LogP) is 4.49. The predicted molar refractivity (Wildman–Crippen MR) is 68.0 cm³/mol. The quantitative estimate of drug-likeness (QED) is 0.582. The van der Waals surface area contributed by atoms with Crippen molar-refractivity contribution >= 4 is 45.7 Å². The molecule has 0 atom stereocenters. The van der Waals surface area contributed by atoms with Gasteiger partial charge >= 0.3 is 0 Å². The van der Waals surface area contributed by atoms with Crippen LogP contribution in [0.15, 0.2) is 22.4 Å². The molecule has 0 N–H and O–H groups in total. The maximum absolute atomic E-state index is 5.85. The second kappa shape index (κ2) is 4.13. The van der Waals surface area contributed by atoms with Crippen LogP contribution in [0, 0.1) is 0 Å². The molecular weight excluding hydrogens is 232 g/mol. The number of benzene rings is 1. The summed E-state index contributed by atoms with van der Waals surface area (Å²) in [5, 5.41) is 3.38. The van der Waals surface area contributed by atoms with E-state index in [1.54, 1.807) is 11.3 Å². The average Bonchev–Trinajstić information content (AvgIpc) is 2.62. The number of alkyl halides is 1. The highest BCUT2D eigenvalue weighted by Gasteiger charge is 2.08. The molecule has 1 heterocycles. The molecule has 0 spiro atoms. The number of hydrogen-bond acceptors (Lipinski definition) is 2. The van der Waals surface area contributed by atoms with Gasteiger partial charge in [-0.05, 0) is 28.3 Å². The summed E-state index contributed by atoms with van der Waals surface area (Å²) in [5.74, 6) is 0.582. The van der Waals surface area contributed by atoms with Crippen molar-refractivity contribution in [2.75, 3.05) is 0 Å². The molecule has 0 radical (unpaired) electrons. The molecule has 2 aromatic rings. The Labute approximate surface area is 98.3 Å². The first-order chi connectivity index (χ1) is 6.77. The molecule has 0 nitrogen and oxygen atoms in total. The Kier molecular flexibility index (Phi) is 3.05. The number of fused-ring (bicyclic) bond motifs is 1. The summed E-state index contributed by atoms with van der Waals surface area (Å²) in [6.07, 6.45) is 1.03. The van der Waals surface area contributed by atoms with Crippen LogP contribution in [-0.2, 0) is 12.3 Å². The van der Waals surface area contributed by atoms with Gasteiger partial charge in [0, 0.05) is 15.5 Å². The van der Waals surface area contributed by atoms with Crippen LogP contribution in [0.4, 0.5) is 0 Å². The molecule has 0 aliphatic carbocycles. The Morgan fingerprint density at radius 1 is 1.36 bits per heavy atom. The minimum Gasteiger partial charge on any atom is -0.142 e. The lowest BCUT2D eigenvalue weighted by Crippen LogP contribution is -1.83. The monoisotopic (exact) mass is 242 g/mol. The van der Waals surface area contributed by atoms with Gasteiger partial charge in [-0.2, -0.15) is 0 Å². The molecule has 0 fully saturated rings. The van der Waals surface area contributed by atoms with Gasteiger partial charge < -0.3 is 0 Å². The molecule has 3 heteroatoms. The van der Waals surface area contributed by atoms with E-state index in [0.717, 1.165) is 11.3 Å². The topological polar surface area (TPSA) is 0 Å². The largest absolute Gasteiger partial charge is 0.142 e. The molecule has 74 valence electrons. The SMILES string of the molecule is CCc1ccc2c(CCl)csc2c1S. The molecule has 2 rings (SSSR count). The lowest BCUT2D eigenvalue weighted by molar-refractivity contribution is 1.10. The average molecular weight is 243 g/mol. The Morgan fingerprint density at radius 3 is 2.79 bits per heavy atom. The van der Waals surface area contributed by atoms with Crippen LogP contribution in [0.1, 0.15) is 18.1 Å². The summed E-state index contributed by atoms with van der Waals surface area (Å²) in [6.45, 7) is 2.15. The first kappa shape index (κ1) is 10.3. The van der Waals surface area contributed by atoms with Crippen LogP contribution in [0.25, 0.3) is 10.1 Å². The first-order valence-electron chi connectivity index (χ1n) is 4.54. The zero-order valence-electron chi connectivity index (χ0n) is 7.88. The summed E-state index contributed by atoms with van der Waals surface area (Å²) in [4.78, 5) is 1.12. The third-order valence-corrected chi connectivity index (χ3v) is 4.42. The van der Waals surface area contributed by atoms with Crippen LogP contribution < -0.4 is 0 Å². The summed E-state index contributed by atoms with van der Waals surface area (Å²) in [5.41, 5.74) is 2.52. The van der Waals surface area contributed by atoms with Gasteiger partial charge in [-0.15, -0.1) is 35.6 Å². The number of thiophene rings is 1. The van der Waals surface area contributed by atoms with Crippen molar-refractivity contribution in [2.45, 2.75) is 24.1 Å². The van der Waals surface area contributed by atoms with Gasteiger partial charge in [0.2, 0.25) is 0 Å². The van der Waals surface area contributed by atoms with E-state index in [2.05, 4.69) is 37.1 Å². The Bertz CT molecular complexity index is 460. The van der Waals surface area contributed by atoms with Crippen LogP contribution >= 0.6 is 35.6 Å². The maximum atomic E-state index is 5.85.